The van der Waals surface area contributed by atoms with Crippen molar-refractivity contribution in [2.45, 2.75) is 83.0 Å². The van der Waals surface area contributed by atoms with Gasteiger partial charge in [-0.1, -0.05) is 11.6 Å². The second-order valence-electron chi connectivity index (χ2n) is 19.2. The van der Waals surface area contributed by atoms with Crippen LogP contribution in [-0.2, 0) is 14.4 Å². The number of fused-ring (bicyclic) bond motifs is 2. The van der Waals surface area contributed by atoms with Gasteiger partial charge in [-0.15, -0.1) is 0 Å². The fraction of sp³-hybridized carbons (Fsp3) is 0.500. The van der Waals surface area contributed by atoms with Crippen molar-refractivity contribution in [3.05, 3.63) is 75.2 Å². The number of anilines is 4. The largest absolute Gasteiger partial charge is 0.478 e. The minimum atomic E-state index is -0.972. The molecule has 6 aliphatic heterocycles. The molecular formula is C48H56ClN11O7. The molecule has 1 spiro atoms. The highest BCUT2D eigenvalue weighted by Gasteiger charge is 2.51. The summed E-state index contributed by atoms with van der Waals surface area (Å²) in [6.07, 6.45) is 7.18. The normalized spacial score (nSPS) is 21.6. The number of rotatable bonds is 11. The maximum Gasteiger partial charge on any atom is 0.293 e. The van der Waals surface area contributed by atoms with Crippen molar-refractivity contribution in [2.75, 3.05) is 81.1 Å². The Morgan fingerprint density at radius 3 is 2.28 bits per heavy atom. The molecule has 3 N–H and O–H groups in total. The second-order valence-corrected chi connectivity index (χ2v) is 19.7. The third kappa shape index (κ3) is 8.48. The number of nitrogens with zero attached hydrogens (tertiary/aromatic N) is 8. The number of imide groups is 2. The number of pyridine rings is 1. The van der Waals surface area contributed by atoms with Gasteiger partial charge in [0.15, 0.2) is 18.2 Å². The van der Waals surface area contributed by atoms with Gasteiger partial charge >= 0.3 is 0 Å². The number of carbonyl (C=O) groups excluding carboxylic acids is 5. The van der Waals surface area contributed by atoms with Crippen LogP contribution in [0.1, 0.15) is 85.6 Å². The van der Waals surface area contributed by atoms with Gasteiger partial charge in [-0.3, -0.25) is 48.8 Å². The number of hydrogen-bond acceptors (Lipinski definition) is 14. The fourth-order valence-electron chi connectivity index (χ4n) is 11.2. The molecule has 67 heavy (non-hydrogen) atoms. The van der Waals surface area contributed by atoms with Gasteiger partial charge < -0.3 is 29.7 Å². The Labute approximate surface area is 392 Å². The van der Waals surface area contributed by atoms with Crippen molar-refractivity contribution in [2.24, 2.45) is 5.41 Å². The van der Waals surface area contributed by atoms with Gasteiger partial charge in [0.05, 0.1) is 22.8 Å². The average molecular weight is 934 g/mol. The predicted octanol–water partition coefficient (Wildman–Crippen LogP) is 3.94. The zero-order valence-electron chi connectivity index (χ0n) is 38.1. The summed E-state index contributed by atoms with van der Waals surface area (Å²) in [5.41, 5.74) is 3.03. The zero-order valence-corrected chi connectivity index (χ0v) is 38.8. The molecule has 18 nitrogen and oxygen atoms in total. The zero-order chi connectivity index (χ0) is 46.7. The molecule has 2 aromatic heterocycles. The molecule has 5 saturated heterocycles. The Morgan fingerprint density at radius 1 is 0.866 bits per heavy atom. The van der Waals surface area contributed by atoms with E-state index in [-0.39, 0.29) is 48.6 Å². The number of carbonyl (C=O) groups is 5. The summed E-state index contributed by atoms with van der Waals surface area (Å²) in [4.78, 5) is 96.4. The van der Waals surface area contributed by atoms with Crippen molar-refractivity contribution < 1.29 is 28.7 Å². The first kappa shape index (κ1) is 44.7. The van der Waals surface area contributed by atoms with Gasteiger partial charge in [0, 0.05) is 99.6 Å². The van der Waals surface area contributed by atoms with Gasteiger partial charge in [0.2, 0.25) is 17.8 Å². The quantitative estimate of drug-likeness (QED) is 0.183. The van der Waals surface area contributed by atoms with Gasteiger partial charge in [-0.2, -0.15) is 4.98 Å². The number of hydrogen-bond donors (Lipinski definition) is 3. The first-order valence-corrected chi connectivity index (χ1v) is 23.8. The molecule has 0 bridgehead atoms. The number of nitrogens with one attached hydrogen (secondary N) is 3. The maximum atomic E-state index is 13.4. The molecule has 1 atom stereocenters. The van der Waals surface area contributed by atoms with Crippen LogP contribution in [0.4, 0.5) is 23.1 Å². The Balaban J connectivity index is 0.705. The lowest BCUT2D eigenvalue weighted by Crippen LogP contribution is -2.62. The molecule has 19 heteroatoms. The van der Waals surface area contributed by atoms with Crippen LogP contribution in [0.2, 0.25) is 5.02 Å². The van der Waals surface area contributed by atoms with Crippen LogP contribution < -0.4 is 36.0 Å². The lowest BCUT2D eigenvalue weighted by Gasteiger charge is -2.53. The molecule has 6 aliphatic rings. The van der Waals surface area contributed by atoms with Crippen LogP contribution in [-0.4, -0.2) is 143 Å². The number of ether oxygens (including phenoxy) is 1. The highest BCUT2D eigenvalue weighted by Crippen LogP contribution is 2.44. The Bertz CT molecular complexity index is 2720. The van der Waals surface area contributed by atoms with E-state index in [0.717, 1.165) is 105 Å². The standard InChI is InChI=1S/C48H56ClN11O7/c1-28(2)59-37-7-4-30(20-29(37)21-39(46(59)66)67-24-41(62)50-3)52-42-36(49)23-51-47(54-42)56-17-12-31(13-18-56)57-19-14-48(25-57)26-58(27-48)32-10-15-55(16-11-32)33-5-6-34-35(22-33)45(65)60(44(34)64)38-8-9-40(61)53-43(38)63/h4-7,20-23,28,31-32,38H,8-19,24-27H2,1-3H3,(H,50,62)(H,51,52,54)(H,53,61,63). The number of amides is 5. The van der Waals surface area contributed by atoms with Gasteiger partial charge in [-0.25, -0.2) is 4.98 Å². The van der Waals surface area contributed by atoms with Crippen LogP contribution in [0.15, 0.2) is 53.5 Å². The second kappa shape index (κ2) is 17.8. The summed E-state index contributed by atoms with van der Waals surface area (Å²) < 4.78 is 7.29. The first-order valence-electron chi connectivity index (χ1n) is 23.4. The number of benzene rings is 2. The number of likely N-dealkylation sites (N-methyl/N-ethyl adjacent to an activating group) is 1. The number of likely N-dealkylation sites (tertiary alicyclic amines) is 2. The van der Waals surface area contributed by atoms with Crippen molar-refractivity contribution in [1.29, 1.82) is 0 Å². The van der Waals surface area contributed by atoms with E-state index in [2.05, 4.69) is 40.5 Å². The number of aromatic nitrogens is 3. The first-order chi connectivity index (χ1) is 32.3. The van der Waals surface area contributed by atoms with Crippen LogP contribution in [0.25, 0.3) is 10.9 Å². The Morgan fingerprint density at radius 2 is 1.57 bits per heavy atom. The van der Waals surface area contributed by atoms with Crippen LogP contribution in [0.3, 0.4) is 0 Å². The molecule has 5 amide bonds. The Hall–Kier alpha value is -6.11. The van der Waals surface area contributed by atoms with Crippen LogP contribution in [0, 0.1) is 5.41 Å². The van der Waals surface area contributed by atoms with Crippen molar-refractivity contribution >= 4 is 75.2 Å². The number of halogens is 1. The highest BCUT2D eigenvalue weighted by molar-refractivity contribution is 6.33. The summed E-state index contributed by atoms with van der Waals surface area (Å²) in [5, 5.41) is 9.28. The molecule has 4 aromatic rings. The van der Waals surface area contributed by atoms with Gasteiger partial charge in [0.25, 0.3) is 23.3 Å². The lowest BCUT2D eigenvalue weighted by molar-refractivity contribution is -0.136. The summed E-state index contributed by atoms with van der Waals surface area (Å²) in [5.74, 6) is -1.07. The summed E-state index contributed by atoms with van der Waals surface area (Å²) in [6.45, 7) is 11.5. The topological polar surface area (TPSA) is 195 Å². The fourth-order valence-corrected chi connectivity index (χ4v) is 11.3. The van der Waals surface area contributed by atoms with E-state index in [1.54, 1.807) is 29.0 Å². The molecule has 8 heterocycles. The minimum Gasteiger partial charge on any atom is -0.478 e. The molecule has 1 unspecified atom stereocenters. The monoisotopic (exact) mass is 933 g/mol. The third-order valence-electron chi connectivity index (χ3n) is 14.7. The van der Waals surface area contributed by atoms with E-state index in [1.807, 2.05) is 38.1 Å². The maximum absolute atomic E-state index is 13.4. The van der Waals surface area contributed by atoms with E-state index >= 15 is 0 Å². The summed E-state index contributed by atoms with van der Waals surface area (Å²) in [6, 6.07) is 12.6. The van der Waals surface area contributed by atoms with Crippen molar-refractivity contribution in [3.8, 4) is 5.75 Å². The molecule has 0 aliphatic carbocycles. The molecule has 5 fully saturated rings. The molecular weight excluding hydrogens is 878 g/mol. The van der Waals surface area contributed by atoms with Gasteiger partial charge in [0.1, 0.15) is 11.1 Å². The van der Waals surface area contributed by atoms with Crippen LogP contribution in [0.5, 0.6) is 5.75 Å². The Kier molecular flexibility index (Phi) is 11.9. The number of piperidine rings is 3. The summed E-state index contributed by atoms with van der Waals surface area (Å²) in [7, 11) is 1.52. The van der Waals surface area contributed by atoms with Crippen molar-refractivity contribution in [1.82, 2.24) is 39.9 Å². The van der Waals surface area contributed by atoms with Gasteiger partial charge in [-0.05, 0) is 101 Å². The van der Waals surface area contributed by atoms with E-state index in [1.165, 1.54) is 13.5 Å². The van der Waals surface area contributed by atoms with E-state index in [4.69, 9.17) is 21.3 Å². The van der Waals surface area contributed by atoms with E-state index in [9.17, 15) is 28.8 Å². The molecule has 0 saturated carbocycles. The minimum absolute atomic E-state index is 0.0933. The van der Waals surface area contributed by atoms with Crippen molar-refractivity contribution in [3.63, 3.8) is 0 Å². The molecule has 10 rings (SSSR count). The van der Waals surface area contributed by atoms with E-state index < -0.39 is 23.8 Å². The third-order valence-corrected chi connectivity index (χ3v) is 15.0. The SMILES string of the molecule is CNC(=O)COc1cc2cc(Nc3nc(N4CCC(N5CCC6(C5)CN(C5CCN(c7ccc8c(c7)C(=O)N(C7CCC(=O)NC7=O)C8=O)CC5)C6)CC4)ncc3Cl)ccc2n(C(C)C)c1=O. The van der Waals surface area contributed by atoms with E-state index in [0.29, 0.717) is 45.4 Å². The lowest BCUT2D eigenvalue weighted by atomic mass is 9.77. The molecule has 0 radical (unpaired) electrons. The summed E-state index contributed by atoms with van der Waals surface area (Å²) >= 11 is 6.65. The average Bonchev–Trinajstić information content (AvgIpc) is 3.87. The molecule has 2 aromatic carbocycles. The smallest absolute Gasteiger partial charge is 0.293 e. The molecule has 352 valence electrons. The predicted molar refractivity (Wildman–Crippen MR) is 252 cm³/mol. The van der Waals surface area contributed by atoms with Crippen LogP contribution >= 0.6 is 11.6 Å². The highest BCUT2D eigenvalue weighted by atomic mass is 35.5.